The lowest BCUT2D eigenvalue weighted by Gasteiger charge is -2.32. The predicted molar refractivity (Wildman–Crippen MR) is 57.3 cm³/mol. The van der Waals surface area contributed by atoms with Gasteiger partial charge in [-0.3, -0.25) is 14.5 Å². The van der Waals surface area contributed by atoms with E-state index in [1.165, 1.54) is 0 Å². The first kappa shape index (κ1) is 12.9. The van der Waals surface area contributed by atoms with Crippen LogP contribution in [0.25, 0.3) is 0 Å². The molecule has 1 aliphatic heterocycles. The van der Waals surface area contributed by atoms with Crippen LogP contribution in [0, 0.1) is 0 Å². The Kier molecular flexibility index (Phi) is 4.70. The molecule has 0 aromatic heterocycles. The maximum atomic E-state index is 10.6. The summed E-state index contributed by atoms with van der Waals surface area (Å²) in [6, 6.07) is -0.368. The van der Waals surface area contributed by atoms with Crippen molar-refractivity contribution in [3.05, 3.63) is 0 Å². The molecule has 1 aliphatic rings. The third-order valence-electron chi connectivity index (χ3n) is 2.80. The summed E-state index contributed by atoms with van der Waals surface area (Å²) in [7, 11) is 0. The summed E-state index contributed by atoms with van der Waals surface area (Å²) in [4.78, 5) is 23.0. The highest BCUT2D eigenvalue weighted by Crippen LogP contribution is 2.10. The molecule has 1 fully saturated rings. The van der Waals surface area contributed by atoms with E-state index in [4.69, 9.17) is 10.2 Å². The number of carboxylic acids is 2. The van der Waals surface area contributed by atoms with Crippen LogP contribution in [0.4, 0.5) is 0 Å². The highest BCUT2D eigenvalue weighted by molar-refractivity contribution is 5.72. The van der Waals surface area contributed by atoms with Gasteiger partial charge < -0.3 is 15.5 Å². The maximum absolute atomic E-state index is 10.6. The van der Waals surface area contributed by atoms with Gasteiger partial charge in [-0.1, -0.05) is 0 Å². The molecule has 92 valence electrons. The Bertz CT molecular complexity index is 262. The van der Waals surface area contributed by atoms with Crippen molar-refractivity contribution in [1.82, 2.24) is 10.2 Å². The molecule has 0 bridgehead atoms. The summed E-state index contributed by atoms with van der Waals surface area (Å²) in [5, 5.41) is 20.4. The quantitative estimate of drug-likeness (QED) is 0.595. The molecule has 16 heavy (non-hydrogen) atoms. The topological polar surface area (TPSA) is 89.9 Å². The van der Waals surface area contributed by atoms with Crippen LogP contribution in [0.2, 0.25) is 0 Å². The molecule has 0 spiro atoms. The van der Waals surface area contributed by atoms with Gasteiger partial charge in [-0.15, -0.1) is 0 Å². The van der Waals surface area contributed by atoms with E-state index < -0.39 is 18.0 Å². The van der Waals surface area contributed by atoms with Crippen molar-refractivity contribution in [3.63, 3.8) is 0 Å². The number of hydrogen-bond acceptors (Lipinski definition) is 4. The van der Waals surface area contributed by atoms with Crippen LogP contribution in [0.15, 0.2) is 0 Å². The zero-order valence-corrected chi connectivity index (χ0v) is 9.35. The van der Waals surface area contributed by atoms with Gasteiger partial charge >= 0.3 is 11.9 Å². The lowest BCUT2D eigenvalue weighted by atomic mass is 10.0. The molecule has 6 heteroatoms. The fourth-order valence-corrected chi connectivity index (χ4v) is 1.87. The summed E-state index contributed by atoms with van der Waals surface area (Å²) < 4.78 is 0. The van der Waals surface area contributed by atoms with Crippen molar-refractivity contribution in [3.8, 4) is 0 Å². The minimum Gasteiger partial charge on any atom is -0.480 e. The van der Waals surface area contributed by atoms with Gasteiger partial charge in [-0.25, -0.2) is 0 Å². The Morgan fingerprint density at radius 2 is 1.94 bits per heavy atom. The van der Waals surface area contributed by atoms with Crippen molar-refractivity contribution in [2.45, 2.75) is 31.8 Å². The van der Waals surface area contributed by atoms with Gasteiger partial charge in [0.15, 0.2) is 0 Å². The number of carbonyl (C=O) groups is 2. The first-order chi connectivity index (χ1) is 7.49. The van der Waals surface area contributed by atoms with Crippen LogP contribution >= 0.6 is 0 Å². The Balaban J connectivity index is 2.26. The van der Waals surface area contributed by atoms with Gasteiger partial charge in [-0.05, 0) is 19.8 Å². The number of carboxylic acid groups (broad SMARTS) is 2. The van der Waals surface area contributed by atoms with E-state index >= 15 is 0 Å². The summed E-state index contributed by atoms with van der Waals surface area (Å²) in [5.74, 6) is -1.67. The highest BCUT2D eigenvalue weighted by atomic mass is 16.4. The fraction of sp³-hybridized carbons (Fsp3) is 0.800. The Morgan fingerprint density at radius 3 is 2.38 bits per heavy atom. The van der Waals surface area contributed by atoms with Gasteiger partial charge in [0.05, 0.1) is 6.54 Å². The molecular formula is C10H18N2O4. The van der Waals surface area contributed by atoms with Crippen molar-refractivity contribution in [1.29, 1.82) is 0 Å². The average molecular weight is 230 g/mol. The largest absolute Gasteiger partial charge is 0.480 e. The molecule has 6 nitrogen and oxygen atoms in total. The molecule has 1 unspecified atom stereocenters. The Hall–Kier alpha value is -1.14. The fourth-order valence-electron chi connectivity index (χ4n) is 1.87. The van der Waals surface area contributed by atoms with E-state index in [1.54, 1.807) is 6.92 Å². The molecule has 0 radical (unpaired) electrons. The second kappa shape index (κ2) is 5.81. The number of rotatable bonds is 5. The van der Waals surface area contributed by atoms with Crippen LogP contribution in [-0.4, -0.2) is 58.8 Å². The number of nitrogens with one attached hydrogen (secondary N) is 1. The number of hydrogen-bond donors (Lipinski definition) is 3. The van der Waals surface area contributed by atoms with Gasteiger partial charge in [0.25, 0.3) is 0 Å². The molecule has 1 saturated heterocycles. The lowest BCUT2D eigenvalue weighted by molar-refractivity contribution is -0.139. The number of piperidine rings is 1. The third kappa shape index (κ3) is 4.16. The minimum atomic E-state index is -0.854. The molecule has 3 N–H and O–H groups in total. The third-order valence-corrected chi connectivity index (χ3v) is 2.80. The van der Waals surface area contributed by atoms with Crippen molar-refractivity contribution in [2.75, 3.05) is 19.6 Å². The zero-order valence-electron chi connectivity index (χ0n) is 9.35. The van der Waals surface area contributed by atoms with Crippen LogP contribution in [0.5, 0.6) is 0 Å². The molecule has 0 saturated carbocycles. The Labute approximate surface area is 94.2 Å². The van der Waals surface area contributed by atoms with Gasteiger partial charge in [0, 0.05) is 19.1 Å². The molecule has 0 aliphatic carbocycles. The summed E-state index contributed by atoms with van der Waals surface area (Å²) >= 11 is 0. The van der Waals surface area contributed by atoms with E-state index in [0.29, 0.717) is 13.1 Å². The van der Waals surface area contributed by atoms with Crippen molar-refractivity contribution in [2.24, 2.45) is 0 Å². The lowest BCUT2D eigenvalue weighted by Crippen LogP contribution is -2.48. The molecule has 0 aromatic carbocycles. The highest BCUT2D eigenvalue weighted by Gasteiger charge is 2.23. The van der Waals surface area contributed by atoms with E-state index in [1.807, 2.05) is 4.90 Å². The van der Waals surface area contributed by atoms with Crippen molar-refractivity contribution < 1.29 is 19.8 Å². The summed E-state index contributed by atoms with van der Waals surface area (Å²) in [6.07, 6.45) is 1.59. The molecule has 1 heterocycles. The first-order valence-electron chi connectivity index (χ1n) is 5.42. The molecule has 0 amide bonds. The SMILES string of the molecule is CC(NC1CCN(CC(=O)O)CC1)C(=O)O. The number of aliphatic carboxylic acids is 2. The Morgan fingerprint density at radius 1 is 1.38 bits per heavy atom. The predicted octanol–water partition coefficient (Wildman–Crippen LogP) is -0.402. The second-order valence-electron chi connectivity index (χ2n) is 4.17. The van der Waals surface area contributed by atoms with E-state index in [0.717, 1.165) is 12.8 Å². The number of nitrogens with zero attached hydrogens (tertiary/aromatic N) is 1. The summed E-state index contributed by atoms with van der Waals surface area (Å²) in [6.45, 7) is 3.10. The average Bonchev–Trinajstić information content (AvgIpc) is 2.20. The van der Waals surface area contributed by atoms with Crippen LogP contribution in [-0.2, 0) is 9.59 Å². The standard InChI is InChI=1S/C10H18N2O4/c1-7(10(15)16)11-8-2-4-12(5-3-8)6-9(13)14/h7-8,11H,2-6H2,1H3,(H,13,14)(H,15,16). The molecule has 0 aromatic rings. The maximum Gasteiger partial charge on any atom is 0.320 e. The number of likely N-dealkylation sites (tertiary alicyclic amines) is 1. The van der Waals surface area contributed by atoms with Crippen LogP contribution < -0.4 is 5.32 Å². The van der Waals surface area contributed by atoms with E-state index in [9.17, 15) is 9.59 Å². The molecule has 1 rings (SSSR count). The van der Waals surface area contributed by atoms with Gasteiger partial charge in [-0.2, -0.15) is 0 Å². The molecular weight excluding hydrogens is 212 g/mol. The smallest absolute Gasteiger partial charge is 0.320 e. The monoisotopic (exact) mass is 230 g/mol. The van der Waals surface area contributed by atoms with Gasteiger partial charge in [0.1, 0.15) is 6.04 Å². The normalized spacial score (nSPS) is 20.6. The minimum absolute atomic E-state index is 0.0706. The van der Waals surface area contributed by atoms with Crippen LogP contribution in [0.3, 0.4) is 0 Å². The van der Waals surface area contributed by atoms with Gasteiger partial charge in [0.2, 0.25) is 0 Å². The molecule has 1 atom stereocenters. The van der Waals surface area contributed by atoms with Crippen molar-refractivity contribution >= 4 is 11.9 Å². The van der Waals surface area contributed by atoms with E-state index in [2.05, 4.69) is 5.32 Å². The zero-order chi connectivity index (χ0) is 12.1. The first-order valence-corrected chi connectivity index (χ1v) is 5.42. The van der Waals surface area contributed by atoms with Crippen LogP contribution in [0.1, 0.15) is 19.8 Å². The second-order valence-corrected chi connectivity index (χ2v) is 4.17. The van der Waals surface area contributed by atoms with E-state index in [-0.39, 0.29) is 12.6 Å². The summed E-state index contributed by atoms with van der Waals surface area (Å²) in [5.41, 5.74) is 0.